The zero-order valence-corrected chi connectivity index (χ0v) is 8.61. The molecule has 74 valence electrons. The second-order valence-electron chi connectivity index (χ2n) is 2.48. The molecule has 14 heavy (non-hydrogen) atoms. The van der Waals surface area contributed by atoms with Gasteiger partial charge in [-0.25, -0.2) is 0 Å². The minimum atomic E-state index is 0.553. The number of thiazole rings is 1. The van der Waals surface area contributed by atoms with Gasteiger partial charge in [0, 0.05) is 11.6 Å². The van der Waals surface area contributed by atoms with E-state index in [-0.39, 0.29) is 0 Å². The van der Waals surface area contributed by atoms with Crippen LogP contribution in [0.1, 0.15) is 5.69 Å². The monoisotopic (exact) mass is 211 g/mol. The molecule has 0 fully saturated rings. The Balaban J connectivity index is 2.55. The lowest BCUT2D eigenvalue weighted by Crippen LogP contribution is -1.92. The summed E-state index contributed by atoms with van der Waals surface area (Å²) in [6.45, 7) is 0. The van der Waals surface area contributed by atoms with Gasteiger partial charge in [0.05, 0.1) is 13.3 Å². The van der Waals surface area contributed by atoms with Gasteiger partial charge in [-0.05, 0) is 0 Å². The molecular weight excluding hydrogens is 202 g/mol. The first-order chi connectivity index (χ1) is 6.86. The molecule has 5 nitrogen and oxygen atoms in total. The molecule has 0 aromatic carbocycles. The van der Waals surface area contributed by atoms with Crippen LogP contribution in [0.3, 0.4) is 0 Å². The van der Waals surface area contributed by atoms with Gasteiger partial charge in [-0.3, -0.25) is 4.40 Å². The predicted octanol–water partition coefficient (Wildman–Crippen LogP) is 1.38. The lowest BCUT2D eigenvalue weighted by molar-refractivity contribution is 0.215. The van der Waals surface area contributed by atoms with Crippen LogP contribution in [0.4, 0.5) is 0 Å². The zero-order valence-electron chi connectivity index (χ0n) is 7.80. The van der Waals surface area contributed by atoms with Gasteiger partial charge < -0.3 is 9.57 Å². The number of hydrogen-bond donors (Lipinski definition) is 0. The van der Waals surface area contributed by atoms with Crippen molar-refractivity contribution in [3.05, 3.63) is 17.3 Å². The van der Waals surface area contributed by atoms with Crippen LogP contribution in [0.2, 0.25) is 0 Å². The topological polar surface area (TPSA) is 48.1 Å². The first-order valence-electron chi connectivity index (χ1n) is 3.93. The molecule has 2 heterocycles. The van der Waals surface area contributed by atoms with Crippen molar-refractivity contribution in [1.82, 2.24) is 9.38 Å². The third kappa shape index (κ3) is 1.33. The Kier molecular flexibility index (Phi) is 2.36. The average Bonchev–Trinajstić information content (AvgIpc) is 2.74. The fourth-order valence-corrected chi connectivity index (χ4v) is 1.87. The SMILES string of the molecule is CO/N=C/c1c(OC)nc2sccn12. The van der Waals surface area contributed by atoms with E-state index in [1.165, 1.54) is 7.11 Å². The van der Waals surface area contributed by atoms with E-state index in [2.05, 4.69) is 15.0 Å². The molecule has 0 amide bonds. The molecule has 2 aromatic heterocycles. The molecule has 0 saturated carbocycles. The van der Waals surface area contributed by atoms with E-state index in [4.69, 9.17) is 4.74 Å². The van der Waals surface area contributed by atoms with Crippen molar-refractivity contribution < 1.29 is 9.57 Å². The van der Waals surface area contributed by atoms with Crippen molar-refractivity contribution in [3.63, 3.8) is 0 Å². The van der Waals surface area contributed by atoms with Gasteiger partial charge >= 0.3 is 0 Å². The Morgan fingerprint density at radius 2 is 2.43 bits per heavy atom. The summed E-state index contributed by atoms with van der Waals surface area (Å²) in [6, 6.07) is 0. The number of fused-ring (bicyclic) bond motifs is 1. The van der Waals surface area contributed by atoms with Crippen LogP contribution in [0.5, 0.6) is 5.88 Å². The van der Waals surface area contributed by atoms with E-state index < -0.39 is 0 Å². The van der Waals surface area contributed by atoms with Crippen LogP contribution in [0, 0.1) is 0 Å². The standard InChI is InChI=1S/C8H9N3O2S/c1-12-7-6(5-9-13-2)11-3-4-14-8(11)10-7/h3-5H,1-2H3/b9-5+. The molecule has 0 spiro atoms. The van der Waals surface area contributed by atoms with Crippen molar-refractivity contribution in [2.24, 2.45) is 5.16 Å². The smallest absolute Gasteiger partial charge is 0.242 e. The van der Waals surface area contributed by atoms with E-state index >= 15 is 0 Å². The minimum Gasteiger partial charge on any atom is -0.479 e. The van der Waals surface area contributed by atoms with Gasteiger partial charge in [0.2, 0.25) is 5.88 Å². The Morgan fingerprint density at radius 1 is 1.57 bits per heavy atom. The van der Waals surface area contributed by atoms with Gasteiger partial charge in [0.15, 0.2) is 4.96 Å². The number of aromatic nitrogens is 2. The van der Waals surface area contributed by atoms with E-state index in [0.717, 1.165) is 10.7 Å². The molecule has 0 aliphatic carbocycles. The molecule has 0 N–H and O–H groups in total. The second-order valence-corrected chi connectivity index (χ2v) is 3.35. The average molecular weight is 211 g/mol. The van der Waals surface area contributed by atoms with Crippen LogP contribution in [0.15, 0.2) is 16.7 Å². The van der Waals surface area contributed by atoms with Gasteiger partial charge in [-0.1, -0.05) is 5.16 Å². The molecule has 0 bridgehead atoms. The van der Waals surface area contributed by atoms with Crippen LogP contribution in [-0.2, 0) is 4.84 Å². The highest BCUT2D eigenvalue weighted by Crippen LogP contribution is 2.21. The van der Waals surface area contributed by atoms with Crippen LogP contribution < -0.4 is 4.74 Å². The minimum absolute atomic E-state index is 0.553. The summed E-state index contributed by atoms with van der Waals surface area (Å²) in [5, 5.41) is 5.64. The summed E-state index contributed by atoms with van der Waals surface area (Å²) in [6.07, 6.45) is 3.48. The maximum absolute atomic E-state index is 5.11. The molecule has 0 atom stereocenters. The van der Waals surface area contributed by atoms with Crippen molar-refractivity contribution in [1.29, 1.82) is 0 Å². The molecule has 6 heteroatoms. The summed E-state index contributed by atoms with van der Waals surface area (Å²) in [5.74, 6) is 0.553. The van der Waals surface area contributed by atoms with Gasteiger partial charge in [-0.15, -0.1) is 11.3 Å². The van der Waals surface area contributed by atoms with E-state index in [1.54, 1.807) is 24.7 Å². The number of oxime groups is 1. The van der Waals surface area contributed by atoms with Crippen molar-refractivity contribution in [2.45, 2.75) is 0 Å². The third-order valence-electron chi connectivity index (χ3n) is 1.74. The lowest BCUT2D eigenvalue weighted by Gasteiger charge is -1.94. The van der Waals surface area contributed by atoms with Crippen molar-refractivity contribution in [3.8, 4) is 5.88 Å². The number of nitrogens with zero attached hydrogens (tertiary/aromatic N) is 3. The highest BCUT2D eigenvalue weighted by atomic mass is 32.1. The molecular formula is C8H9N3O2S. The highest BCUT2D eigenvalue weighted by Gasteiger charge is 2.11. The molecule has 0 unspecified atom stereocenters. The summed E-state index contributed by atoms with van der Waals surface area (Å²) in [7, 11) is 3.07. The Morgan fingerprint density at radius 3 is 3.14 bits per heavy atom. The van der Waals surface area contributed by atoms with E-state index in [0.29, 0.717) is 5.88 Å². The van der Waals surface area contributed by atoms with E-state index in [9.17, 15) is 0 Å². The molecule has 0 saturated heterocycles. The number of methoxy groups -OCH3 is 1. The number of hydrogen-bond acceptors (Lipinski definition) is 5. The molecule has 0 aliphatic heterocycles. The van der Waals surface area contributed by atoms with Crippen LogP contribution in [0.25, 0.3) is 4.96 Å². The Hall–Kier alpha value is -1.56. The Labute approximate surface area is 84.6 Å². The molecule has 0 aliphatic rings. The van der Waals surface area contributed by atoms with E-state index in [1.807, 2.05) is 16.0 Å². The fraction of sp³-hybridized carbons (Fsp3) is 0.250. The largest absolute Gasteiger partial charge is 0.479 e. The van der Waals surface area contributed by atoms with Crippen molar-refractivity contribution >= 4 is 22.5 Å². The maximum atomic E-state index is 5.11. The summed E-state index contributed by atoms with van der Waals surface area (Å²) < 4.78 is 7.01. The second kappa shape index (κ2) is 3.67. The molecule has 0 radical (unpaired) electrons. The van der Waals surface area contributed by atoms with Gasteiger partial charge in [0.1, 0.15) is 12.8 Å². The highest BCUT2D eigenvalue weighted by molar-refractivity contribution is 7.15. The summed E-state index contributed by atoms with van der Waals surface area (Å²) in [5.41, 5.74) is 0.783. The van der Waals surface area contributed by atoms with Crippen LogP contribution >= 0.6 is 11.3 Å². The Bertz CT molecular complexity index is 460. The maximum Gasteiger partial charge on any atom is 0.242 e. The quantitative estimate of drug-likeness (QED) is 0.569. The first kappa shape index (κ1) is 9.01. The first-order valence-corrected chi connectivity index (χ1v) is 4.81. The third-order valence-corrected chi connectivity index (χ3v) is 2.50. The summed E-state index contributed by atoms with van der Waals surface area (Å²) in [4.78, 5) is 9.75. The molecule has 2 aromatic rings. The summed E-state index contributed by atoms with van der Waals surface area (Å²) >= 11 is 1.54. The van der Waals surface area contributed by atoms with Crippen molar-refractivity contribution in [2.75, 3.05) is 14.2 Å². The predicted molar refractivity (Wildman–Crippen MR) is 54.2 cm³/mol. The van der Waals surface area contributed by atoms with Gasteiger partial charge in [0.25, 0.3) is 0 Å². The number of rotatable bonds is 3. The van der Waals surface area contributed by atoms with Gasteiger partial charge in [-0.2, -0.15) is 4.98 Å². The molecule has 2 rings (SSSR count). The van der Waals surface area contributed by atoms with Crippen LogP contribution in [-0.4, -0.2) is 29.8 Å². The number of imidazole rings is 1. The lowest BCUT2D eigenvalue weighted by atomic mass is 10.5. The number of ether oxygens (including phenoxy) is 1. The zero-order chi connectivity index (χ0) is 9.97. The normalized spacial score (nSPS) is 11.3. The fourth-order valence-electron chi connectivity index (χ4n) is 1.15.